The van der Waals surface area contributed by atoms with Gasteiger partial charge >= 0.3 is 6.09 Å². The number of carbonyl (C=O) groups excluding carboxylic acids is 1. The molecular formula is C21H33ClN4O3. The lowest BCUT2D eigenvalue weighted by molar-refractivity contribution is 0.101. The number of carbonyl (C=O) groups is 2. The van der Waals surface area contributed by atoms with Crippen molar-refractivity contribution in [3.8, 4) is 0 Å². The largest absolute Gasteiger partial charge is 0.465 e. The lowest BCUT2D eigenvalue weighted by Gasteiger charge is -2.23. The summed E-state index contributed by atoms with van der Waals surface area (Å²) >= 11 is 5.99. The number of carboxylic acid groups (broad SMARTS) is 1. The van der Waals surface area contributed by atoms with E-state index >= 15 is 0 Å². The molecule has 2 rings (SSSR count). The van der Waals surface area contributed by atoms with Crippen molar-refractivity contribution < 1.29 is 14.7 Å². The number of Topliss-reactive ketones (excluding diaryl/α,β-unsaturated/α-hetero) is 1. The Kier molecular flexibility index (Phi) is 14.3. The molecule has 0 bridgehead atoms. The molecule has 1 unspecified atom stereocenters. The summed E-state index contributed by atoms with van der Waals surface area (Å²) in [5, 5.41) is 14.1. The lowest BCUT2D eigenvalue weighted by atomic mass is 9.87. The number of halogens is 1. The van der Waals surface area contributed by atoms with Gasteiger partial charge in [0.2, 0.25) is 0 Å². The summed E-state index contributed by atoms with van der Waals surface area (Å²) in [6.45, 7) is 5.97. The maximum atomic E-state index is 10.4. The molecule has 0 aliphatic rings. The van der Waals surface area contributed by atoms with E-state index < -0.39 is 6.09 Å². The van der Waals surface area contributed by atoms with Gasteiger partial charge in [-0.3, -0.25) is 9.89 Å². The minimum absolute atomic E-state index is 0.0405. The van der Waals surface area contributed by atoms with E-state index in [1.165, 1.54) is 44.4 Å². The van der Waals surface area contributed by atoms with Crippen LogP contribution >= 0.6 is 11.6 Å². The number of hydrogen-bond donors (Lipinski definition) is 4. The molecule has 0 saturated heterocycles. The van der Waals surface area contributed by atoms with Crippen molar-refractivity contribution in [2.45, 2.75) is 58.9 Å². The number of hydrogen-bond acceptors (Lipinski definition) is 4. The highest BCUT2D eigenvalue weighted by atomic mass is 35.5. The van der Waals surface area contributed by atoms with Crippen molar-refractivity contribution in [2.24, 2.45) is 17.4 Å². The molecule has 1 atom stereocenters. The molecule has 162 valence electrons. The quantitative estimate of drug-likeness (QED) is 0.457. The summed E-state index contributed by atoms with van der Waals surface area (Å²) in [6, 6.07) is 8.30. The van der Waals surface area contributed by atoms with Gasteiger partial charge in [-0.15, -0.1) is 0 Å². The Labute approximate surface area is 177 Å². The number of benzene rings is 1. The molecule has 7 nitrogen and oxygen atoms in total. The summed E-state index contributed by atoms with van der Waals surface area (Å²) in [5.74, 6) is 0.683. The van der Waals surface area contributed by atoms with Gasteiger partial charge in [0.05, 0.1) is 11.8 Å². The highest BCUT2D eigenvalue weighted by molar-refractivity contribution is 6.30. The van der Waals surface area contributed by atoms with Gasteiger partial charge in [-0.1, -0.05) is 50.4 Å². The number of ketones is 1. The zero-order valence-corrected chi connectivity index (χ0v) is 18.2. The normalized spacial score (nSPS) is 11.0. The molecule has 0 fully saturated rings. The van der Waals surface area contributed by atoms with Crippen molar-refractivity contribution >= 4 is 23.5 Å². The molecule has 0 spiro atoms. The Morgan fingerprint density at radius 3 is 2.21 bits per heavy atom. The van der Waals surface area contributed by atoms with Gasteiger partial charge in [-0.05, 0) is 49.8 Å². The first-order valence-electron chi connectivity index (χ1n) is 9.69. The van der Waals surface area contributed by atoms with Crippen LogP contribution in [0.4, 0.5) is 4.79 Å². The van der Waals surface area contributed by atoms with Crippen LogP contribution in [0.1, 0.15) is 62.4 Å². The van der Waals surface area contributed by atoms with Gasteiger partial charge in [0, 0.05) is 17.3 Å². The lowest BCUT2D eigenvalue weighted by Crippen LogP contribution is -2.32. The monoisotopic (exact) mass is 424 g/mol. The van der Waals surface area contributed by atoms with Crippen LogP contribution in [-0.2, 0) is 6.42 Å². The van der Waals surface area contributed by atoms with E-state index in [2.05, 4.69) is 35.8 Å². The molecule has 0 radical (unpaired) electrons. The van der Waals surface area contributed by atoms with E-state index in [-0.39, 0.29) is 11.8 Å². The number of nitrogens with zero attached hydrogens (tertiary/aromatic N) is 1. The minimum Gasteiger partial charge on any atom is -0.465 e. The zero-order chi connectivity index (χ0) is 22.2. The van der Waals surface area contributed by atoms with Gasteiger partial charge < -0.3 is 16.6 Å². The summed E-state index contributed by atoms with van der Waals surface area (Å²) in [4.78, 5) is 19.2. The molecule has 0 aliphatic heterocycles. The third-order valence-electron chi connectivity index (χ3n) is 4.19. The first-order chi connectivity index (χ1) is 13.7. The van der Waals surface area contributed by atoms with Crippen LogP contribution < -0.4 is 11.5 Å². The topological polar surface area (TPSA) is 135 Å². The predicted molar refractivity (Wildman–Crippen MR) is 117 cm³/mol. The minimum atomic E-state index is -1.33. The maximum Gasteiger partial charge on any atom is 0.402 e. The first-order valence-corrected chi connectivity index (χ1v) is 10.1. The van der Waals surface area contributed by atoms with Crippen LogP contribution in [0.2, 0.25) is 5.02 Å². The average molecular weight is 425 g/mol. The fourth-order valence-corrected chi connectivity index (χ4v) is 3.07. The number of H-pyrrole nitrogens is 1. The predicted octanol–water partition coefficient (Wildman–Crippen LogP) is 4.66. The second-order valence-electron chi connectivity index (χ2n) is 6.72. The van der Waals surface area contributed by atoms with E-state index in [0.717, 1.165) is 11.4 Å². The number of amides is 1. The van der Waals surface area contributed by atoms with Crippen molar-refractivity contribution in [3.05, 3.63) is 52.8 Å². The molecule has 0 saturated carbocycles. The molecule has 6 N–H and O–H groups in total. The summed E-state index contributed by atoms with van der Waals surface area (Å²) < 4.78 is 0. The third-order valence-corrected chi connectivity index (χ3v) is 4.42. The Balaban J connectivity index is 0.000000537. The van der Waals surface area contributed by atoms with Gasteiger partial charge in [0.15, 0.2) is 5.78 Å². The number of nitrogens with two attached hydrogens (primary N) is 2. The molecule has 2 aromatic rings. The molecular weight excluding hydrogens is 392 g/mol. The van der Waals surface area contributed by atoms with Crippen molar-refractivity contribution in [1.82, 2.24) is 10.2 Å². The number of primary amides is 1. The van der Waals surface area contributed by atoms with E-state index in [9.17, 15) is 4.79 Å². The third kappa shape index (κ3) is 13.4. The summed E-state index contributed by atoms with van der Waals surface area (Å²) in [7, 11) is 0. The highest BCUT2D eigenvalue weighted by Crippen LogP contribution is 2.20. The van der Waals surface area contributed by atoms with Crippen LogP contribution in [0.5, 0.6) is 0 Å². The van der Waals surface area contributed by atoms with Crippen molar-refractivity contribution in [1.29, 1.82) is 0 Å². The Morgan fingerprint density at radius 2 is 1.83 bits per heavy atom. The van der Waals surface area contributed by atoms with Gasteiger partial charge in [0.25, 0.3) is 0 Å². The van der Waals surface area contributed by atoms with E-state index in [1.54, 1.807) is 6.20 Å². The van der Waals surface area contributed by atoms with Crippen LogP contribution in [0.15, 0.2) is 36.7 Å². The van der Waals surface area contributed by atoms with E-state index in [1.807, 2.05) is 18.2 Å². The number of rotatable bonds is 8. The van der Waals surface area contributed by atoms with Crippen LogP contribution in [-0.4, -0.2) is 33.2 Å². The number of aromatic nitrogens is 2. The standard InChI is InChI=1S/C15H24ClN.C5H6N2O.CH3NO2/c1-3-6-13(7-4-2)15(17)11-12-8-5-9-14(16)10-12;1-4(8)5-2-6-7-3-5;2-1(3)4/h5,8-10,13,15H,3-4,6-7,11,17H2,1-2H3;2-3H,1H3,(H,6,7);2H2,(H,3,4). The van der Waals surface area contributed by atoms with Crippen molar-refractivity contribution in [3.63, 3.8) is 0 Å². The highest BCUT2D eigenvalue weighted by Gasteiger charge is 2.16. The molecule has 29 heavy (non-hydrogen) atoms. The Morgan fingerprint density at radius 1 is 1.24 bits per heavy atom. The average Bonchev–Trinajstić information content (AvgIpc) is 3.17. The first kappa shape index (κ1) is 26.6. The van der Waals surface area contributed by atoms with Crippen LogP contribution in [0.25, 0.3) is 0 Å². The zero-order valence-electron chi connectivity index (χ0n) is 17.4. The molecule has 1 heterocycles. The molecule has 8 heteroatoms. The summed E-state index contributed by atoms with van der Waals surface area (Å²) in [5.41, 5.74) is 12.2. The smallest absolute Gasteiger partial charge is 0.402 e. The van der Waals surface area contributed by atoms with Gasteiger partial charge in [-0.25, -0.2) is 4.79 Å². The van der Waals surface area contributed by atoms with Crippen LogP contribution in [0.3, 0.4) is 0 Å². The second kappa shape index (κ2) is 15.5. The molecule has 1 amide bonds. The maximum absolute atomic E-state index is 10.4. The number of aromatic amines is 1. The van der Waals surface area contributed by atoms with Gasteiger partial charge in [-0.2, -0.15) is 5.10 Å². The second-order valence-corrected chi connectivity index (χ2v) is 7.15. The van der Waals surface area contributed by atoms with Crippen LogP contribution in [0, 0.1) is 5.92 Å². The summed E-state index contributed by atoms with van der Waals surface area (Å²) in [6.07, 6.45) is 7.57. The fourth-order valence-electron chi connectivity index (χ4n) is 2.86. The molecule has 1 aromatic heterocycles. The number of nitrogens with one attached hydrogen (secondary N) is 1. The van der Waals surface area contributed by atoms with E-state index in [4.69, 9.17) is 27.2 Å². The van der Waals surface area contributed by atoms with Crippen molar-refractivity contribution in [2.75, 3.05) is 0 Å². The Hall–Kier alpha value is -2.38. The SMILES string of the molecule is CC(=O)c1cn[nH]c1.CCCC(CCC)C(N)Cc1cccc(Cl)c1.NC(=O)O. The Bertz CT molecular complexity index is 698. The fraction of sp³-hybridized carbons (Fsp3) is 0.476. The van der Waals surface area contributed by atoms with E-state index in [0.29, 0.717) is 11.5 Å². The molecule has 0 aliphatic carbocycles. The van der Waals surface area contributed by atoms with Gasteiger partial charge in [0.1, 0.15) is 0 Å². The molecule has 1 aromatic carbocycles.